The molecule has 0 unspecified atom stereocenters. The van der Waals surface area contributed by atoms with Crippen molar-refractivity contribution in [2.75, 3.05) is 0 Å². The Morgan fingerprint density at radius 2 is 1.87 bits per heavy atom. The quantitative estimate of drug-likeness (QED) is 0.644. The van der Waals surface area contributed by atoms with Gasteiger partial charge in [0.05, 0.1) is 0 Å². The Bertz CT molecular complexity index is 229. The van der Waals surface area contributed by atoms with E-state index in [2.05, 4.69) is 20.8 Å². The standard InChI is InChI=1S/C13H25NO/c1-5-6-7-12(9-8-10(2)3)11(4)13(14)15/h10H,5-9H2,1-4H3,(H2,14,15). The van der Waals surface area contributed by atoms with Crippen molar-refractivity contribution in [2.24, 2.45) is 11.7 Å². The lowest BCUT2D eigenvalue weighted by Gasteiger charge is -2.11. The third kappa shape index (κ3) is 6.32. The maximum absolute atomic E-state index is 11.1. The van der Waals surface area contributed by atoms with Crippen LogP contribution in [0.2, 0.25) is 0 Å². The maximum atomic E-state index is 11.1. The summed E-state index contributed by atoms with van der Waals surface area (Å²) in [6.45, 7) is 8.43. The van der Waals surface area contributed by atoms with E-state index in [0.717, 1.165) is 37.7 Å². The number of allylic oxidation sites excluding steroid dienone is 1. The largest absolute Gasteiger partial charge is 0.366 e. The lowest BCUT2D eigenvalue weighted by molar-refractivity contribution is -0.114. The van der Waals surface area contributed by atoms with Gasteiger partial charge in [0.25, 0.3) is 0 Å². The number of carbonyl (C=O) groups is 1. The van der Waals surface area contributed by atoms with Gasteiger partial charge < -0.3 is 5.73 Å². The smallest absolute Gasteiger partial charge is 0.244 e. The third-order valence-electron chi connectivity index (χ3n) is 2.76. The number of hydrogen-bond donors (Lipinski definition) is 1. The zero-order valence-corrected chi connectivity index (χ0v) is 10.6. The normalized spacial score (nSPS) is 12.9. The fraction of sp³-hybridized carbons (Fsp3) is 0.769. The van der Waals surface area contributed by atoms with Crippen LogP contribution in [0.15, 0.2) is 11.1 Å². The topological polar surface area (TPSA) is 43.1 Å². The van der Waals surface area contributed by atoms with Crippen molar-refractivity contribution < 1.29 is 4.79 Å². The number of nitrogens with two attached hydrogens (primary N) is 1. The van der Waals surface area contributed by atoms with E-state index in [9.17, 15) is 4.79 Å². The first-order chi connectivity index (χ1) is 6.99. The molecule has 0 aliphatic rings. The number of primary amides is 1. The van der Waals surface area contributed by atoms with Crippen LogP contribution in [0.25, 0.3) is 0 Å². The van der Waals surface area contributed by atoms with Crippen LogP contribution >= 0.6 is 0 Å². The van der Waals surface area contributed by atoms with E-state index in [4.69, 9.17) is 5.73 Å². The molecule has 88 valence electrons. The molecule has 0 heterocycles. The van der Waals surface area contributed by atoms with Crippen LogP contribution < -0.4 is 5.73 Å². The zero-order chi connectivity index (χ0) is 11.8. The van der Waals surface area contributed by atoms with Crippen LogP contribution in [-0.2, 0) is 4.79 Å². The second-order valence-corrected chi connectivity index (χ2v) is 4.63. The Kier molecular flexibility index (Phi) is 7.10. The van der Waals surface area contributed by atoms with Gasteiger partial charge in [0.15, 0.2) is 0 Å². The molecule has 0 saturated carbocycles. The van der Waals surface area contributed by atoms with Crippen molar-refractivity contribution in [3.63, 3.8) is 0 Å². The van der Waals surface area contributed by atoms with Crippen LogP contribution in [0.4, 0.5) is 0 Å². The minimum absolute atomic E-state index is 0.259. The van der Waals surface area contributed by atoms with E-state index >= 15 is 0 Å². The van der Waals surface area contributed by atoms with Gasteiger partial charge in [-0.25, -0.2) is 0 Å². The zero-order valence-electron chi connectivity index (χ0n) is 10.6. The van der Waals surface area contributed by atoms with Gasteiger partial charge in [-0.3, -0.25) is 4.79 Å². The number of rotatable bonds is 7. The van der Waals surface area contributed by atoms with Gasteiger partial charge in [-0.15, -0.1) is 0 Å². The van der Waals surface area contributed by atoms with Gasteiger partial charge in [-0.05, 0) is 38.5 Å². The summed E-state index contributed by atoms with van der Waals surface area (Å²) in [6.07, 6.45) is 5.50. The highest BCUT2D eigenvalue weighted by Gasteiger charge is 2.08. The second kappa shape index (κ2) is 7.49. The molecule has 0 bridgehead atoms. The molecule has 0 aliphatic carbocycles. The summed E-state index contributed by atoms with van der Waals surface area (Å²) in [5.41, 5.74) is 7.36. The van der Waals surface area contributed by atoms with Crippen molar-refractivity contribution in [3.05, 3.63) is 11.1 Å². The minimum atomic E-state index is -0.259. The Morgan fingerprint density at radius 3 is 2.27 bits per heavy atom. The van der Waals surface area contributed by atoms with Gasteiger partial charge in [0, 0.05) is 5.57 Å². The average molecular weight is 211 g/mol. The molecule has 0 fully saturated rings. The Labute approximate surface area is 93.9 Å². The Hall–Kier alpha value is -0.790. The maximum Gasteiger partial charge on any atom is 0.244 e. The Balaban J connectivity index is 4.43. The molecule has 2 N–H and O–H groups in total. The highest BCUT2D eigenvalue weighted by molar-refractivity contribution is 5.92. The van der Waals surface area contributed by atoms with Crippen molar-refractivity contribution in [1.82, 2.24) is 0 Å². The second-order valence-electron chi connectivity index (χ2n) is 4.63. The monoisotopic (exact) mass is 211 g/mol. The first kappa shape index (κ1) is 14.2. The first-order valence-corrected chi connectivity index (χ1v) is 5.97. The molecular formula is C13H25NO. The molecule has 0 aliphatic heterocycles. The van der Waals surface area contributed by atoms with Crippen molar-refractivity contribution >= 4 is 5.91 Å². The Morgan fingerprint density at radius 1 is 1.27 bits per heavy atom. The molecule has 15 heavy (non-hydrogen) atoms. The highest BCUT2D eigenvalue weighted by atomic mass is 16.1. The number of carbonyl (C=O) groups excluding carboxylic acids is 1. The summed E-state index contributed by atoms with van der Waals surface area (Å²) in [6, 6.07) is 0. The summed E-state index contributed by atoms with van der Waals surface area (Å²) < 4.78 is 0. The molecule has 0 aromatic carbocycles. The molecule has 0 spiro atoms. The predicted octanol–water partition coefficient (Wildman–Crippen LogP) is 3.41. The fourth-order valence-electron chi connectivity index (χ4n) is 1.53. The molecule has 0 aromatic rings. The predicted molar refractivity (Wildman–Crippen MR) is 65.5 cm³/mol. The van der Waals surface area contributed by atoms with E-state index in [1.165, 1.54) is 5.57 Å². The van der Waals surface area contributed by atoms with E-state index in [1.54, 1.807) is 0 Å². The van der Waals surface area contributed by atoms with Crippen LogP contribution in [0.5, 0.6) is 0 Å². The van der Waals surface area contributed by atoms with Gasteiger partial charge in [0.2, 0.25) is 5.91 Å². The molecule has 0 rings (SSSR count). The van der Waals surface area contributed by atoms with Gasteiger partial charge in [0.1, 0.15) is 0 Å². The van der Waals surface area contributed by atoms with E-state index in [0.29, 0.717) is 5.92 Å². The van der Waals surface area contributed by atoms with Gasteiger partial charge in [-0.1, -0.05) is 32.8 Å². The third-order valence-corrected chi connectivity index (χ3v) is 2.76. The van der Waals surface area contributed by atoms with Crippen LogP contribution in [0, 0.1) is 5.92 Å². The van der Waals surface area contributed by atoms with Crippen LogP contribution in [0.1, 0.15) is 59.8 Å². The first-order valence-electron chi connectivity index (χ1n) is 5.97. The van der Waals surface area contributed by atoms with E-state index < -0.39 is 0 Å². The summed E-state index contributed by atoms with van der Waals surface area (Å²) in [4.78, 5) is 11.1. The lowest BCUT2D eigenvalue weighted by Crippen LogP contribution is -2.14. The molecular weight excluding hydrogens is 186 g/mol. The van der Waals surface area contributed by atoms with E-state index in [-0.39, 0.29) is 5.91 Å². The average Bonchev–Trinajstić information content (AvgIpc) is 2.16. The molecule has 0 atom stereocenters. The van der Waals surface area contributed by atoms with Crippen molar-refractivity contribution in [3.8, 4) is 0 Å². The van der Waals surface area contributed by atoms with Gasteiger partial charge in [-0.2, -0.15) is 0 Å². The molecule has 0 radical (unpaired) electrons. The summed E-state index contributed by atoms with van der Waals surface area (Å²) >= 11 is 0. The molecule has 2 nitrogen and oxygen atoms in total. The van der Waals surface area contributed by atoms with Crippen molar-refractivity contribution in [1.29, 1.82) is 0 Å². The highest BCUT2D eigenvalue weighted by Crippen LogP contribution is 2.20. The SMILES string of the molecule is CCCCC(CCC(C)C)=C(C)C(N)=O. The minimum Gasteiger partial charge on any atom is -0.366 e. The number of amides is 1. The van der Waals surface area contributed by atoms with Crippen LogP contribution in [-0.4, -0.2) is 5.91 Å². The summed E-state index contributed by atoms with van der Waals surface area (Å²) in [5.74, 6) is 0.423. The molecule has 1 amide bonds. The van der Waals surface area contributed by atoms with Crippen molar-refractivity contribution in [2.45, 2.75) is 59.8 Å². The van der Waals surface area contributed by atoms with Gasteiger partial charge >= 0.3 is 0 Å². The molecule has 0 saturated heterocycles. The molecule has 2 heteroatoms. The summed E-state index contributed by atoms with van der Waals surface area (Å²) in [7, 11) is 0. The number of unbranched alkanes of at least 4 members (excludes halogenated alkanes) is 1. The van der Waals surface area contributed by atoms with E-state index in [1.807, 2.05) is 6.92 Å². The molecule has 0 aromatic heterocycles. The number of hydrogen-bond acceptors (Lipinski definition) is 1. The van der Waals surface area contributed by atoms with Crippen LogP contribution in [0.3, 0.4) is 0 Å². The fourth-order valence-corrected chi connectivity index (χ4v) is 1.53. The lowest BCUT2D eigenvalue weighted by atomic mass is 9.95. The summed E-state index contributed by atoms with van der Waals surface area (Å²) in [5, 5.41) is 0.